The first-order chi connectivity index (χ1) is 10.1. The Morgan fingerprint density at radius 2 is 1.90 bits per heavy atom. The quantitative estimate of drug-likeness (QED) is 0.803. The van der Waals surface area contributed by atoms with E-state index in [1.54, 1.807) is 6.92 Å². The number of aromatic nitrogens is 3. The predicted molar refractivity (Wildman–Crippen MR) is 80.8 cm³/mol. The summed E-state index contributed by atoms with van der Waals surface area (Å²) in [5.41, 5.74) is 3.77. The summed E-state index contributed by atoms with van der Waals surface area (Å²) < 4.78 is 7.26. The van der Waals surface area contributed by atoms with E-state index in [2.05, 4.69) is 10.1 Å². The van der Waals surface area contributed by atoms with Crippen LogP contribution in [0.5, 0.6) is 5.75 Å². The molecule has 0 unspecified atom stereocenters. The van der Waals surface area contributed by atoms with Crippen molar-refractivity contribution in [1.82, 2.24) is 14.6 Å². The van der Waals surface area contributed by atoms with Gasteiger partial charge in [0.2, 0.25) is 0 Å². The Bertz CT molecular complexity index is 847. The maximum absolute atomic E-state index is 12.2. The van der Waals surface area contributed by atoms with Crippen molar-refractivity contribution in [3.63, 3.8) is 0 Å². The summed E-state index contributed by atoms with van der Waals surface area (Å²) in [5, 5.41) is 3.06. The van der Waals surface area contributed by atoms with Crippen LogP contribution in [0.3, 0.4) is 0 Å². The average molecular weight is 283 g/mol. The number of nitrogens with zero attached hydrogens (tertiary/aromatic N) is 2. The van der Waals surface area contributed by atoms with E-state index < -0.39 is 0 Å². The number of aromatic amines is 1. The topological polar surface area (TPSA) is 59.4 Å². The first kappa shape index (κ1) is 13.4. The molecule has 0 aliphatic rings. The Kier molecular flexibility index (Phi) is 3.25. The molecule has 0 atom stereocenters. The Balaban J connectivity index is 2.03. The van der Waals surface area contributed by atoms with Crippen LogP contribution in [0.1, 0.15) is 22.5 Å². The van der Waals surface area contributed by atoms with E-state index in [1.165, 1.54) is 4.52 Å². The minimum absolute atomic E-state index is 0.0634. The number of hydrogen-bond donors (Lipinski definition) is 1. The smallest absolute Gasteiger partial charge is 0.275 e. The second kappa shape index (κ2) is 5.09. The monoisotopic (exact) mass is 283 g/mol. The first-order valence-corrected chi connectivity index (χ1v) is 6.83. The van der Waals surface area contributed by atoms with Gasteiger partial charge in [0.05, 0.1) is 5.56 Å². The van der Waals surface area contributed by atoms with Crippen molar-refractivity contribution in [2.45, 2.75) is 27.4 Å². The molecule has 5 nitrogen and oxygen atoms in total. The third-order valence-corrected chi connectivity index (χ3v) is 3.68. The third-order valence-electron chi connectivity index (χ3n) is 3.68. The summed E-state index contributed by atoms with van der Waals surface area (Å²) in [6, 6.07) is 9.59. The van der Waals surface area contributed by atoms with Gasteiger partial charge in [-0.1, -0.05) is 18.2 Å². The molecule has 3 aromatic rings. The van der Waals surface area contributed by atoms with Crippen LogP contribution in [0, 0.1) is 20.8 Å². The van der Waals surface area contributed by atoms with E-state index in [0.717, 1.165) is 22.7 Å². The molecule has 0 radical (unpaired) electrons. The molecule has 0 bridgehead atoms. The number of hydrogen-bond acceptors (Lipinski definition) is 3. The van der Waals surface area contributed by atoms with Crippen molar-refractivity contribution >= 4 is 5.65 Å². The molecule has 108 valence electrons. The van der Waals surface area contributed by atoms with Gasteiger partial charge >= 0.3 is 0 Å². The zero-order valence-electron chi connectivity index (χ0n) is 12.3. The standard InChI is InChI=1S/C16H17N3O2/c1-10-11(2)17-15-14(12(3)18-19(15)16(10)20)9-21-13-7-5-4-6-8-13/h4-8,18H,9H2,1-3H3. The van der Waals surface area contributed by atoms with E-state index in [-0.39, 0.29) is 5.56 Å². The van der Waals surface area contributed by atoms with Crippen molar-refractivity contribution in [2.24, 2.45) is 0 Å². The summed E-state index contributed by atoms with van der Waals surface area (Å²) in [6.07, 6.45) is 0. The average Bonchev–Trinajstić information content (AvgIpc) is 2.80. The van der Waals surface area contributed by atoms with Gasteiger partial charge in [0.1, 0.15) is 12.4 Å². The lowest BCUT2D eigenvalue weighted by Crippen LogP contribution is -2.19. The largest absolute Gasteiger partial charge is 0.489 e. The number of aryl methyl sites for hydroxylation is 2. The molecule has 1 aromatic carbocycles. The second-order valence-corrected chi connectivity index (χ2v) is 5.10. The summed E-state index contributed by atoms with van der Waals surface area (Å²) in [5.74, 6) is 0.794. The molecule has 21 heavy (non-hydrogen) atoms. The molecule has 5 heteroatoms. The maximum atomic E-state index is 12.2. The first-order valence-electron chi connectivity index (χ1n) is 6.83. The molecule has 2 heterocycles. The zero-order chi connectivity index (χ0) is 15.0. The molecule has 0 spiro atoms. The summed E-state index contributed by atoms with van der Waals surface area (Å²) in [4.78, 5) is 16.8. The number of para-hydroxylation sites is 1. The van der Waals surface area contributed by atoms with Gasteiger partial charge < -0.3 is 4.74 Å². The van der Waals surface area contributed by atoms with Crippen LogP contribution in [0.2, 0.25) is 0 Å². The zero-order valence-corrected chi connectivity index (χ0v) is 12.3. The normalized spacial score (nSPS) is 11.0. The van der Waals surface area contributed by atoms with Gasteiger partial charge in [-0.25, -0.2) is 9.50 Å². The molecule has 2 aromatic heterocycles. The van der Waals surface area contributed by atoms with Crippen LogP contribution in [0.25, 0.3) is 5.65 Å². The Morgan fingerprint density at radius 3 is 2.62 bits per heavy atom. The van der Waals surface area contributed by atoms with Crippen LogP contribution in [0.15, 0.2) is 35.1 Å². The number of rotatable bonds is 3. The van der Waals surface area contributed by atoms with Gasteiger partial charge in [0.25, 0.3) is 5.56 Å². The van der Waals surface area contributed by atoms with Gasteiger partial charge in [-0.3, -0.25) is 9.89 Å². The Labute approximate surface area is 122 Å². The Hall–Kier alpha value is -2.56. The highest BCUT2D eigenvalue weighted by molar-refractivity contribution is 5.50. The molecule has 0 fully saturated rings. The van der Waals surface area contributed by atoms with Gasteiger partial charge in [0.15, 0.2) is 5.65 Å². The van der Waals surface area contributed by atoms with Gasteiger partial charge in [-0.05, 0) is 32.9 Å². The van der Waals surface area contributed by atoms with Crippen LogP contribution in [0.4, 0.5) is 0 Å². The molecule has 0 saturated heterocycles. The summed E-state index contributed by atoms with van der Waals surface area (Å²) >= 11 is 0. The molecule has 3 rings (SSSR count). The number of ether oxygens (including phenoxy) is 1. The van der Waals surface area contributed by atoms with E-state index in [4.69, 9.17) is 4.74 Å². The predicted octanol–water partition coefficient (Wildman–Crippen LogP) is 2.53. The van der Waals surface area contributed by atoms with Crippen molar-refractivity contribution in [1.29, 1.82) is 0 Å². The van der Waals surface area contributed by atoms with Crippen LogP contribution >= 0.6 is 0 Å². The number of fused-ring (bicyclic) bond motifs is 1. The molecule has 0 aliphatic heterocycles. The van der Waals surface area contributed by atoms with E-state index in [0.29, 0.717) is 17.8 Å². The highest BCUT2D eigenvalue weighted by Gasteiger charge is 2.14. The molecule has 0 amide bonds. The van der Waals surface area contributed by atoms with Gasteiger partial charge in [0, 0.05) is 17.0 Å². The number of benzene rings is 1. The van der Waals surface area contributed by atoms with Gasteiger partial charge in [-0.2, -0.15) is 0 Å². The maximum Gasteiger partial charge on any atom is 0.275 e. The van der Waals surface area contributed by atoms with Crippen LogP contribution in [-0.4, -0.2) is 14.6 Å². The molecule has 1 N–H and O–H groups in total. The van der Waals surface area contributed by atoms with Crippen molar-refractivity contribution < 1.29 is 4.74 Å². The number of H-pyrrole nitrogens is 1. The van der Waals surface area contributed by atoms with Crippen molar-refractivity contribution in [3.8, 4) is 5.75 Å². The number of nitrogens with one attached hydrogen (secondary N) is 1. The lowest BCUT2D eigenvalue weighted by Gasteiger charge is -2.06. The molecule has 0 saturated carbocycles. The highest BCUT2D eigenvalue weighted by Crippen LogP contribution is 2.17. The van der Waals surface area contributed by atoms with E-state index >= 15 is 0 Å². The highest BCUT2D eigenvalue weighted by atomic mass is 16.5. The van der Waals surface area contributed by atoms with E-state index in [9.17, 15) is 4.79 Å². The summed E-state index contributed by atoms with van der Waals surface area (Å²) in [7, 11) is 0. The minimum Gasteiger partial charge on any atom is -0.489 e. The fourth-order valence-corrected chi connectivity index (χ4v) is 2.27. The van der Waals surface area contributed by atoms with E-state index in [1.807, 2.05) is 44.2 Å². The SMILES string of the molecule is Cc1nc2c(COc3ccccc3)c(C)[nH]n2c(=O)c1C. The molecular weight excluding hydrogens is 266 g/mol. The van der Waals surface area contributed by atoms with Gasteiger partial charge in [-0.15, -0.1) is 0 Å². The van der Waals surface area contributed by atoms with Crippen LogP contribution in [-0.2, 0) is 6.61 Å². The second-order valence-electron chi connectivity index (χ2n) is 5.10. The lowest BCUT2D eigenvalue weighted by molar-refractivity contribution is 0.306. The van der Waals surface area contributed by atoms with Crippen LogP contribution < -0.4 is 10.3 Å². The lowest BCUT2D eigenvalue weighted by atomic mass is 10.2. The fourth-order valence-electron chi connectivity index (χ4n) is 2.27. The fraction of sp³-hybridized carbons (Fsp3) is 0.250. The Morgan fingerprint density at radius 1 is 1.19 bits per heavy atom. The third kappa shape index (κ3) is 2.31. The molecular formula is C16H17N3O2. The summed E-state index contributed by atoms with van der Waals surface area (Å²) in [6.45, 7) is 5.93. The van der Waals surface area contributed by atoms with Crippen molar-refractivity contribution in [2.75, 3.05) is 0 Å². The van der Waals surface area contributed by atoms with Crippen molar-refractivity contribution in [3.05, 3.63) is 63.2 Å². The molecule has 0 aliphatic carbocycles. The minimum atomic E-state index is -0.0634.